The van der Waals surface area contributed by atoms with Crippen LogP contribution in [-0.2, 0) is 4.79 Å². The average molecular weight is 327 g/mol. The van der Waals surface area contributed by atoms with Crippen molar-refractivity contribution in [2.75, 3.05) is 13.6 Å². The summed E-state index contributed by atoms with van der Waals surface area (Å²) in [5, 5.41) is 1.47. The van der Waals surface area contributed by atoms with Gasteiger partial charge >= 0.3 is 0 Å². The maximum atomic E-state index is 11.5. The molecule has 3 heteroatoms. The van der Waals surface area contributed by atoms with Gasteiger partial charge in [0.15, 0.2) is 0 Å². The van der Waals surface area contributed by atoms with Gasteiger partial charge in [-0.25, -0.2) is 5.01 Å². The molecular weight excluding hydrogens is 284 g/mol. The van der Waals surface area contributed by atoms with E-state index in [1.807, 2.05) is 0 Å². The lowest BCUT2D eigenvalue weighted by Crippen LogP contribution is -2.31. The van der Waals surface area contributed by atoms with Crippen LogP contribution in [0, 0.1) is 0 Å². The number of hydrogen-bond donors (Lipinski definition) is 1. The number of carbonyl (C=O) groups is 1. The van der Waals surface area contributed by atoms with Gasteiger partial charge < -0.3 is 0 Å². The lowest BCUT2D eigenvalue weighted by atomic mass is 10.0. The first-order valence-corrected chi connectivity index (χ1v) is 10.1. The summed E-state index contributed by atoms with van der Waals surface area (Å²) in [4.78, 5) is 11.5. The Kier molecular flexibility index (Phi) is 17.6. The van der Waals surface area contributed by atoms with Gasteiger partial charge in [-0.05, 0) is 6.42 Å². The summed E-state index contributed by atoms with van der Waals surface area (Å²) in [5.41, 5.74) is 0. The number of unbranched alkanes of at least 4 members (excludes halogenated alkanes) is 14. The van der Waals surface area contributed by atoms with Crippen LogP contribution < -0.4 is 5.84 Å². The van der Waals surface area contributed by atoms with Crippen molar-refractivity contribution in [3.05, 3.63) is 0 Å². The summed E-state index contributed by atoms with van der Waals surface area (Å²) in [6, 6.07) is 0. The number of rotatable bonds is 18. The molecule has 0 saturated heterocycles. The highest BCUT2D eigenvalue weighted by Gasteiger charge is 2.03. The van der Waals surface area contributed by atoms with Crippen molar-refractivity contribution in [3.63, 3.8) is 0 Å². The van der Waals surface area contributed by atoms with Crippen molar-refractivity contribution in [2.45, 2.75) is 110 Å². The zero-order chi connectivity index (χ0) is 17.2. The second-order valence-electron chi connectivity index (χ2n) is 7.15. The molecule has 0 aliphatic heterocycles. The predicted molar refractivity (Wildman–Crippen MR) is 101 cm³/mol. The molecule has 23 heavy (non-hydrogen) atoms. The Labute approximate surface area is 145 Å². The molecule has 3 nitrogen and oxygen atoms in total. The number of ketones is 1. The van der Waals surface area contributed by atoms with Crippen molar-refractivity contribution < 1.29 is 4.79 Å². The molecule has 0 amide bonds. The van der Waals surface area contributed by atoms with Crippen LogP contribution in [0.3, 0.4) is 0 Å². The third-order valence-electron chi connectivity index (χ3n) is 4.48. The minimum absolute atomic E-state index is 0.268. The molecule has 0 aromatic rings. The van der Waals surface area contributed by atoms with Gasteiger partial charge in [-0.15, -0.1) is 0 Å². The zero-order valence-electron chi connectivity index (χ0n) is 16.0. The van der Waals surface area contributed by atoms with E-state index in [0.29, 0.717) is 13.0 Å². The zero-order valence-corrected chi connectivity index (χ0v) is 16.0. The van der Waals surface area contributed by atoms with Crippen molar-refractivity contribution >= 4 is 5.78 Å². The standard InChI is InChI=1S/C20H42N2O/c1-3-4-5-6-7-8-9-10-11-12-13-14-15-16-17-18-20(23)19-22(2)21/h3-19,21H2,1-2H3. The van der Waals surface area contributed by atoms with Gasteiger partial charge in [0.2, 0.25) is 0 Å². The van der Waals surface area contributed by atoms with E-state index in [1.54, 1.807) is 7.05 Å². The molecule has 0 aromatic carbocycles. The van der Waals surface area contributed by atoms with Gasteiger partial charge in [0, 0.05) is 13.5 Å². The number of carbonyl (C=O) groups excluding carboxylic acids is 1. The monoisotopic (exact) mass is 326 g/mol. The Morgan fingerprint density at radius 2 is 1.04 bits per heavy atom. The molecule has 0 atom stereocenters. The largest absolute Gasteiger partial charge is 0.298 e. The lowest BCUT2D eigenvalue weighted by molar-refractivity contribution is -0.120. The fraction of sp³-hybridized carbons (Fsp3) is 0.950. The van der Waals surface area contributed by atoms with Crippen molar-refractivity contribution in [1.82, 2.24) is 5.01 Å². The Morgan fingerprint density at radius 3 is 1.39 bits per heavy atom. The molecule has 0 radical (unpaired) electrons. The quantitative estimate of drug-likeness (QED) is 0.202. The number of likely N-dealkylation sites (N-methyl/N-ethyl adjacent to an activating group) is 1. The molecule has 0 heterocycles. The van der Waals surface area contributed by atoms with E-state index >= 15 is 0 Å². The second-order valence-corrected chi connectivity index (χ2v) is 7.15. The lowest BCUT2D eigenvalue weighted by Gasteiger charge is -2.07. The summed E-state index contributed by atoms with van der Waals surface area (Å²) in [6.07, 6.45) is 21.1. The summed E-state index contributed by atoms with van der Waals surface area (Å²) >= 11 is 0. The number of Topliss-reactive ketones (excluding diaryl/α,β-unsaturated/α-hetero) is 1. The van der Waals surface area contributed by atoms with Crippen LogP contribution in [0.4, 0.5) is 0 Å². The summed E-state index contributed by atoms with van der Waals surface area (Å²) < 4.78 is 0. The van der Waals surface area contributed by atoms with E-state index in [-0.39, 0.29) is 5.78 Å². The third-order valence-corrected chi connectivity index (χ3v) is 4.48. The molecule has 138 valence electrons. The molecule has 0 unspecified atom stereocenters. The molecule has 0 bridgehead atoms. The van der Waals surface area contributed by atoms with Crippen molar-refractivity contribution in [3.8, 4) is 0 Å². The molecule has 0 saturated carbocycles. The summed E-state index contributed by atoms with van der Waals surface area (Å²) in [5.74, 6) is 5.73. The van der Waals surface area contributed by atoms with E-state index in [1.165, 1.54) is 94.9 Å². The van der Waals surface area contributed by atoms with Gasteiger partial charge in [-0.3, -0.25) is 10.6 Å². The maximum absolute atomic E-state index is 11.5. The minimum Gasteiger partial charge on any atom is -0.298 e. The van der Waals surface area contributed by atoms with Crippen LogP contribution in [0.15, 0.2) is 0 Å². The molecule has 0 spiro atoms. The summed E-state index contributed by atoms with van der Waals surface area (Å²) in [7, 11) is 1.74. The highest BCUT2D eigenvalue weighted by molar-refractivity contribution is 5.80. The SMILES string of the molecule is CCCCCCCCCCCCCCCCCC(=O)CN(C)N. The minimum atomic E-state index is 0.268. The van der Waals surface area contributed by atoms with Crippen molar-refractivity contribution in [1.29, 1.82) is 0 Å². The highest BCUT2D eigenvalue weighted by atomic mass is 16.1. The fourth-order valence-corrected chi connectivity index (χ4v) is 3.05. The fourth-order valence-electron chi connectivity index (χ4n) is 3.05. The topological polar surface area (TPSA) is 46.3 Å². The summed E-state index contributed by atoms with van der Waals surface area (Å²) in [6.45, 7) is 2.67. The number of nitrogens with zero attached hydrogens (tertiary/aromatic N) is 1. The molecule has 0 rings (SSSR count). The Balaban J connectivity index is 3.06. The Bertz CT molecular complexity index is 254. The van der Waals surface area contributed by atoms with E-state index in [2.05, 4.69) is 6.92 Å². The van der Waals surface area contributed by atoms with E-state index in [4.69, 9.17) is 5.84 Å². The van der Waals surface area contributed by atoms with Crippen molar-refractivity contribution in [2.24, 2.45) is 5.84 Å². The first kappa shape index (κ1) is 22.6. The maximum Gasteiger partial charge on any atom is 0.148 e. The van der Waals surface area contributed by atoms with Gasteiger partial charge in [-0.1, -0.05) is 96.8 Å². The van der Waals surface area contributed by atoms with E-state index in [9.17, 15) is 4.79 Å². The Morgan fingerprint density at radius 1 is 0.696 bits per heavy atom. The van der Waals surface area contributed by atoms with E-state index < -0.39 is 0 Å². The molecule has 2 N–H and O–H groups in total. The van der Waals surface area contributed by atoms with Crippen LogP contribution in [-0.4, -0.2) is 24.4 Å². The smallest absolute Gasteiger partial charge is 0.148 e. The number of nitrogens with two attached hydrogens (primary N) is 1. The van der Waals surface area contributed by atoms with Gasteiger partial charge in [0.05, 0.1) is 6.54 Å². The van der Waals surface area contributed by atoms with Crippen LogP contribution in [0.1, 0.15) is 110 Å². The first-order chi connectivity index (χ1) is 11.2. The normalized spacial score (nSPS) is 11.3. The molecule has 0 fully saturated rings. The molecule has 0 aromatic heterocycles. The number of hydrazine groups is 1. The molecule has 0 aliphatic carbocycles. The third kappa shape index (κ3) is 19.5. The number of hydrogen-bond acceptors (Lipinski definition) is 3. The van der Waals surface area contributed by atoms with Crippen LogP contribution in [0.25, 0.3) is 0 Å². The van der Waals surface area contributed by atoms with Gasteiger partial charge in [-0.2, -0.15) is 0 Å². The van der Waals surface area contributed by atoms with Gasteiger partial charge in [0.1, 0.15) is 5.78 Å². The first-order valence-electron chi connectivity index (χ1n) is 10.1. The van der Waals surface area contributed by atoms with Crippen LogP contribution in [0.5, 0.6) is 0 Å². The van der Waals surface area contributed by atoms with Gasteiger partial charge in [0.25, 0.3) is 0 Å². The molecule has 0 aliphatic rings. The average Bonchev–Trinajstić information content (AvgIpc) is 2.50. The molecular formula is C20H42N2O. The highest BCUT2D eigenvalue weighted by Crippen LogP contribution is 2.13. The van der Waals surface area contributed by atoms with Crippen LogP contribution >= 0.6 is 0 Å². The van der Waals surface area contributed by atoms with Crippen LogP contribution in [0.2, 0.25) is 0 Å². The predicted octanol–water partition coefficient (Wildman–Crippen LogP) is 5.62. The second kappa shape index (κ2) is 17.9. The Hall–Kier alpha value is -0.410. The van der Waals surface area contributed by atoms with E-state index in [0.717, 1.165) is 6.42 Å².